The van der Waals surface area contributed by atoms with E-state index in [1.807, 2.05) is 10.8 Å². The van der Waals surface area contributed by atoms with E-state index >= 15 is 0 Å². The van der Waals surface area contributed by atoms with Crippen molar-refractivity contribution in [2.45, 2.75) is 37.6 Å². The van der Waals surface area contributed by atoms with Crippen LogP contribution in [0.15, 0.2) is 14.4 Å². The largest absolute Gasteiger partial charge is 0.361 e. The standard InChI is InChI=1S/C10H18Br2N2OSSi/c1-16-10-13-8(11)9(12)14(10)7-15-5-6-17(2,3)4/h5-7H2,1-4H3. The highest BCUT2D eigenvalue weighted by atomic mass is 79.9. The van der Waals surface area contributed by atoms with Gasteiger partial charge in [-0.1, -0.05) is 31.4 Å². The van der Waals surface area contributed by atoms with E-state index in [9.17, 15) is 0 Å². The minimum atomic E-state index is -1.00. The van der Waals surface area contributed by atoms with Crippen LogP contribution in [0.5, 0.6) is 0 Å². The van der Waals surface area contributed by atoms with Crippen LogP contribution in [0.25, 0.3) is 0 Å². The molecule has 0 bridgehead atoms. The fraction of sp³-hybridized carbons (Fsp3) is 0.700. The molecule has 98 valence electrons. The Bertz CT molecular complexity index is 379. The van der Waals surface area contributed by atoms with Crippen LogP contribution in [-0.2, 0) is 11.5 Å². The van der Waals surface area contributed by atoms with E-state index in [0.29, 0.717) is 6.73 Å². The van der Waals surface area contributed by atoms with E-state index in [2.05, 4.69) is 56.5 Å². The average Bonchev–Trinajstić information content (AvgIpc) is 2.49. The number of imidazole rings is 1. The summed E-state index contributed by atoms with van der Waals surface area (Å²) >= 11 is 8.52. The van der Waals surface area contributed by atoms with Gasteiger partial charge < -0.3 is 4.74 Å². The molecule has 0 radical (unpaired) electrons. The van der Waals surface area contributed by atoms with Crippen LogP contribution in [0.1, 0.15) is 0 Å². The second-order valence-corrected chi connectivity index (χ2v) is 12.9. The Morgan fingerprint density at radius 3 is 2.53 bits per heavy atom. The highest BCUT2D eigenvalue weighted by Crippen LogP contribution is 2.28. The Balaban J connectivity index is 2.52. The molecule has 1 rings (SSSR count). The van der Waals surface area contributed by atoms with Gasteiger partial charge in [0, 0.05) is 14.7 Å². The molecule has 1 heterocycles. The minimum Gasteiger partial charge on any atom is -0.361 e. The summed E-state index contributed by atoms with van der Waals surface area (Å²) in [6.45, 7) is 8.44. The van der Waals surface area contributed by atoms with Crippen LogP contribution in [0.2, 0.25) is 25.7 Å². The minimum absolute atomic E-state index is 0.555. The number of hydrogen-bond acceptors (Lipinski definition) is 3. The van der Waals surface area contributed by atoms with Crippen molar-refractivity contribution in [1.29, 1.82) is 0 Å². The third-order valence-electron chi connectivity index (χ3n) is 2.23. The lowest BCUT2D eigenvalue weighted by Gasteiger charge is -2.16. The summed E-state index contributed by atoms with van der Waals surface area (Å²) in [7, 11) is -1.00. The lowest BCUT2D eigenvalue weighted by Crippen LogP contribution is -2.22. The quantitative estimate of drug-likeness (QED) is 0.400. The average molecular weight is 402 g/mol. The summed E-state index contributed by atoms with van der Waals surface area (Å²) in [5, 5.41) is 0.955. The lowest BCUT2D eigenvalue weighted by atomic mass is 10.8. The predicted molar refractivity (Wildman–Crippen MR) is 83.5 cm³/mol. The first-order valence-electron chi connectivity index (χ1n) is 5.38. The molecule has 0 unspecified atom stereocenters. The smallest absolute Gasteiger partial charge is 0.171 e. The number of ether oxygens (including phenoxy) is 1. The Morgan fingerprint density at radius 1 is 1.35 bits per heavy atom. The number of hydrogen-bond donors (Lipinski definition) is 0. The summed E-state index contributed by atoms with van der Waals surface area (Å²) < 4.78 is 9.52. The molecular formula is C10H18Br2N2OSSi. The van der Waals surface area contributed by atoms with Crippen LogP contribution >= 0.6 is 43.6 Å². The van der Waals surface area contributed by atoms with Crippen molar-refractivity contribution in [3.63, 3.8) is 0 Å². The van der Waals surface area contributed by atoms with Gasteiger partial charge >= 0.3 is 0 Å². The molecule has 0 fully saturated rings. The highest BCUT2D eigenvalue weighted by molar-refractivity contribution is 9.13. The van der Waals surface area contributed by atoms with Crippen LogP contribution in [0.3, 0.4) is 0 Å². The highest BCUT2D eigenvalue weighted by Gasteiger charge is 2.14. The fourth-order valence-corrected chi connectivity index (χ4v) is 3.47. The third-order valence-corrected chi connectivity index (χ3v) is 6.50. The normalized spacial score (nSPS) is 12.1. The zero-order valence-corrected chi connectivity index (χ0v) is 15.6. The Hall–Kier alpha value is 0.697. The summed E-state index contributed by atoms with van der Waals surface area (Å²) in [4.78, 5) is 4.38. The van der Waals surface area contributed by atoms with E-state index in [-0.39, 0.29) is 0 Å². The van der Waals surface area contributed by atoms with E-state index < -0.39 is 8.07 Å². The van der Waals surface area contributed by atoms with Crippen LogP contribution in [-0.4, -0.2) is 30.5 Å². The number of rotatable bonds is 6. The summed E-state index contributed by atoms with van der Waals surface area (Å²) in [6, 6.07) is 1.19. The maximum Gasteiger partial charge on any atom is 0.171 e. The summed E-state index contributed by atoms with van der Waals surface area (Å²) in [5.74, 6) is 0. The molecule has 0 atom stereocenters. The monoisotopic (exact) mass is 400 g/mol. The molecule has 0 aliphatic rings. The second kappa shape index (κ2) is 6.74. The molecule has 7 heteroatoms. The van der Waals surface area contributed by atoms with Crippen molar-refractivity contribution in [2.24, 2.45) is 0 Å². The van der Waals surface area contributed by atoms with E-state index in [1.54, 1.807) is 11.8 Å². The molecule has 0 spiro atoms. The molecule has 0 amide bonds. The van der Waals surface area contributed by atoms with Crippen molar-refractivity contribution in [3.05, 3.63) is 9.21 Å². The van der Waals surface area contributed by atoms with Gasteiger partial charge in [0.25, 0.3) is 0 Å². The molecular weight excluding hydrogens is 384 g/mol. The first-order chi connectivity index (χ1) is 7.85. The van der Waals surface area contributed by atoms with Crippen LogP contribution in [0, 0.1) is 0 Å². The van der Waals surface area contributed by atoms with Gasteiger partial charge in [0.1, 0.15) is 15.9 Å². The van der Waals surface area contributed by atoms with E-state index in [1.165, 1.54) is 6.04 Å². The van der Waals surface area contributed by atoms with Crippen molar-refractivity contribution in [3.8, 4) is 0 Å². The molecule has 0 saturated heterocycles. The molecule has 0 aliphatic heterocycles. The number of aromatic nitrogens is 2. The third kappa shape index (κ3) is 5.06. The molecule has 0 N–H and O–H groups in total. The van der Waals surface area contributed by atoms with Crippen molar-refractivity contribution in [2.75, 3.05) is 12.9 Å². The van der Waals surface area contributed by atoms with Gasteiger partial charge in [-0.05, 0) is 44.2 Å². The summed E-state index contributed by atoms with van der Waals surface area (Å²) in [5.41, 5.74) is 0. The second-order valence-electron chi connectivity index (χ2n) is 4.96. The van der Waals surface area contributed by atoms with Gasteiger partial charge in [-0.25, -0.2) is 4.98 Å². The molecule has 1 aromatic rings. The Morgan fingerprint density at radius 2 is 2.00 bits per heavy atom. The zero-order chi connectivity index (χ0) is 13.1. The molecule has 3 nitrogen and oxygen atoms in total. The first-order valence-corrected chi connectivity index (χ1v) is 11.9. The van der Waals surface area contributed by atoms with E-state index in [4.69, 9.17) is 4.74 Å². The molecule has 1 aromatic heterocycles. The van der Waals surface area contributed by atoms with Crippen LogP contribution < -0.4 is 0 Å². The SMILES string of the molecule is CSc1nc(Br)c(Br)n1COCC[Si](C)(C)C. The Kier molecular flexibility index (Phi) is 6.25. The van der Waals surface area contributed by atoms with Gasteiger partial charge in [-0.15, -0.1) is 0 Å². The van der Waals surface area contributed by atoms with Gasteiger partial charge in [-0.3, -0.25) is 4.57 Å². The number of halogens is 2. The van der Waals surface area contributed by atoms with Gasteiger partial charge in [0.15, 0.2) is 5.16 Å². The first kappa shape index (κ1) is 15.8. The van der Waals surface area contributed by atoms with Gasteiger partial charge in [0.05, 0.1) is 0 Å². The fourth-order valence-electron chi connectivity index (χ4n) is 1.19. The van der Waals surface area contributed by atoms with Gasteiger partial charge in [-0.2, -0.15) is 0 Å². The van der Waals surface area contributed by atoms with E-state index in [0.717, 1.165) is 21.0 Å². The Labute approximate surface area is 125 Å². The zero-order valence-electron chi connectivity index (χ0n) is 10.6. The molecule has 0 aromatic carbocycles. The van der Waals surface area contributed by atoms with Gasteiger partial charge in [0.2, 0.25) is 0 Å². The van der Waals surface area contributed by atoms with Crippen molar-refractivity contribution < 1.29 is 4.74 Å². The van der Waals surface area contributed by atoms with Crippen LogP contribution in [0.4, 0.5) is 0 Å². The molecule has 0 aliphatic carbocycles. The topological polar surface area (TPSA) is 27.1 Å². The molecule has 0 saturated carbocycles. The lowest BCUT2D eigenvalue weighted by molar-refractivity contribution is 0.0798. The molecule has 17 heavy (non-hydrogen) atoms. The predicted octanol–water partition coefficient (Wildman–Crippen LogP) is 4.44. The maximum absolute atomic E-state index is 5.73. The van der Waals surface area contributed by atoms with Crippen molar-refractivity contribution in [1.82, 2.24) is 9.55 Å². The summed E-state index contributed by atoms with van der Waals surface area (Å²) in [6.07, 6.45) is 2.01. The maximum atomic E-state index is 5.73. The number of nitrogens with zero attached hydrogens (tertiary/aromatic N) is 2. The number of thioether (sulfide) groups is 1. The van der Waals surface area contributed by atoms with Crippen molar-refractivity contribution >= 4 is 51.7 Å².